The van der Waals surface area contributed by atoms with Gasteiger partial charge in [0.25, 0.3) is 0 Å². The lowest BCUT2D eigenvalue weighted by molar-refractivity contribution is -0.155. The van der Waals surface area contributed by atoms with E-state index in [9.17, 15) is 15.0 Å². The van der Waals surface area contributed by atoms with Crippen molar-refractivity contribution >= 4 is 17.1 Å². The summed E-state index contributed by atoms with van der Waals surface area (Å²) < 4.78 is 13.1. The molecule has 1 saturated heterocycles. The second kappa shape index (κ2) is 10.5. The number of hydrogen-bond acceptors (Lipinski definition) is 8. The summed E-state index contributed by atoms with van der Waals surface area (Å²) in [4.78, 5) is 24.3. The zero-order chi connectivity index (χ0) is 20.6. The fraction of sp³-hybridized carbons (Fsp3) is 0.700. The molecule has 0 aromatic carbocycles. The van der Waals surface area contributed by atoms with E-state index in [1.807, 2.05) is 0 Å². The second-order valence-electron chi connectivity index (χ2n) is 7.49. The van der Waals surface area contributed by atoms with E-state index in [0.717, 1.165) is 19.3 Å². The molecule has 3 heterocycles. The summed E-state index contributed by atoms with van der Waals surface area (Å²) in [7, 11) is 0. The van der Waals surface area contributed by atoms with Gasteiger partial charge in [-0.05, 0) is 6.42 Å². The molecule has 1 fully saturated rings. The average molecular weight is 406 g/mol. The minimum atomic E-state index is -0.663. The van der Waals surface area contributed by atoms with Gasteiger partial charge in [-0.15, -0.1) is 0 Å². The van der Waals surface area contributed by atoms with Crippen LogP contribution in [0.1, 0.15) is 70.9 Å². The van der Waals surface area contributed by atoms with E-state index in [4.69, 9.17) is 9.47 Å². The van der Waals surface area contributed by atoms with Gasteiger partial charge in [0.15, 0.2) is 17.4 Å². The number of aromatic hydroxyl groups is 1. The van der Waals surface area contributed by atoms with Crippen LogP contribution in [0, 0.1) is 0 Å². The molecule has 0 spiro atoms. The Morgan fingerprint density at radius 1 is 1.21 bits per heavy atom. The van der Waals surface area contributed by atoms with Crippen LogP contribution in [-0.4, -0.2) is 54.5 Å². The highest BCUT2D eigenvalue weighted by molar-refractivity contribution is 5.75. The summed E-state index contributed by atoms with van der Waals surface area (Å²) in [5, 5.41) is 19.3. The van der Waals surface area contributed by atoms with Crippen LogP contribution < -0.4 is 0 Å². The zero-order valence-corrected chi connectivity index (χ0v) is 16.9. The third kappa shape index (κ3) is 5.42. The summed E-state index contributed by atoms with van der Waals surface area (Å²) >= 11 is 0. The van der Waals surface area contributed by atoms with Gasteiger partial charge in [-0.1, -0.05) is 45.4 Å². The van der Waals surface area contributed by atoms with E-state index in [-0.39, 0.29) is 24.0 Å². The van der Waals surface area contributed by atoms with Crippen LogP contribution in [-0.2, 0) is 14.3 Å². The Balaban J connectivity index is 1.57. The molecule has 2 N–H and O–H groups in total. The number of aliphatic hydroxyl groups is 1. The van der Waals surface area contributed by atoms with E-state index in [0.29, 0.717) is 18.5 Å². The maximum absolute atomic E-state index is 12.3. The molecule has 1 aliphatic heterocycles. The molecule has 2 aromatic rings. The van der Waals surface area contributed by atoms with E-state index in [1.54, 1.807) is 4.57 Å². The lowest BCUT2D eigenvalue weighted by Gasteiger charge is -2.20. The number of carbonyl (C=O) groups excluding carboxylic acids is 1. The largest absolute Gasteiger partial charge is 0.492 e. The van der Waals surface area contributed by atoms with Crippen molar-refractivity contribution in [3.8, 4) is 5.88 Å². The summed E-state index contributed by atoms with van der Waals surface area (Å²) in [5.41, 5.74) is 0.630. The normalized spacial score (nSPS) is 21.7. The monoisotopic (exact) mass is 406 g/mol. The maximum Gasteiger partial charge on any atom is 0.306 e. The van der Waals surface area contributed by atoms with Crippen LogP contribution in [0.3, 0.4) is 0 Å². The minimum Gasteiger partial charge on any atom is -0.492 e. The Bertz CT molecular complexity index is 796. The quantitative estimate of drug-likeness (QED) is 0.432. The molecule has 9 nitrogen and oxygen atoms in total. The van der Waals surface area contributed by atoms with Crippen LogP contribution in [0.2, 0.25) is 0 Å². The number of fused-ring (bicyclic) bond motifs is 1. The highest BCUT2D eigenvalue weighted by atomic mass is 16.6. The van der Waals surface area contributed by atoms with Gasteiger partial charge in [0.2, 0.25) is 5.88 Å². The number of aromatic nitrogens is 4. The van der Waals surface area contributed by atoms with Gasteiger partial charge in [-0.25, -0.2) is 9.97 Å². The van der Waals surface area contributed by atoms with Crippen molar-refractivity contribution in [1.82, 2.24) is 19.5 Å². The molecule has 9 heteroatoms. The summed E-state index contributed by atoms with van der Waals surface area (Å²) in [6, 6.07) is 0. The van der Waals surface area contributed by atoms with Crippen molar-refractivity contribution in [2.75, 3.05) is 6.61 Å². The number of imidazole rings is 1. The number of carbonyl (C=O) groups is 1. The Hall–Kier alpha value is -2.26. The van der Waals surface area contributed by atoms with Crippen LogP contribution in [0.15, 0.2) is 12.7 Å². The van der Waals surface area contributed by atoms with Gasteiger partial charge >= 0.3 is 5.97 Å². The molecule has 1 aliphatic rings. The van der Waals surface area contributed by atoms with Gasteiger partial charge in [-0.2, -0.15) is 4.98 Å². The van der Waals surface area contributed by atoms with E-state index in [1.165, 1.54) is 38.3 Å². The second-order valence-corrected chi connectivity index (χ2v) is 7.49. The van der Waals surface area contributed by atoms with Gasteiger partial charge in [0.05, 0.1) is 19.0 Å². The fourth-order valence-corrected chi connectivity index (χ4v) is 3.66. The number of ether oxygens (including phenoxy) is 2. The van der Waals surface area contributed by atoms with Crippen LogP contribution >= 0.6 is 0 Å². The fourth-order valence-electron chi connectivity index (χ4n) is 3.66. The number of aliphatic hydroxyl groups excluding tert-OH is 1. The first-order valence-corrected chi connectivity index (χ1v) is 10.5. The molecule has 0 radical (unpaired) electrons. The minimum absolute atomic E-state index is 0.171. The van der Waals surface area contributed by atoms with Gasteiger partial charge in [0, 0.05) is 12.8 Å². The molecule has 160 valence electrons. The Kier molecular flexibility index (Phi) is 7.76. The summed E-state index contributed by atoms with van der Waals surface area (Å²) in [5.74, 6) is -0.490. The van der Waals surface area contributed by atoms with Gasteiger partial charge in [0.1, 0.15) is 12.4 Å². The van der Waals surface area contributed by atoms with E-state index >= 15 is 0 Å². The molecule has 29 heavy (non-hydrogen) atoms. The lowest BCUT2D eigenvalue weighted by Crippen LogP contribution is -2.25. The molecule has 2 aromatic heterocycles. The highest BCUT2D eigenvalue weighted by Gasteiger charge is 2.39. The van der Waals surface area contributed by atoms with E-state index < -0.39 is 18.4 Å². The predicted molar refractivity (Wildman–Crippen MR) is 105 cm³/mol. The van der Waals surface area contributed by atoms with Crippen LogP contribution in [0.5, 0.6) is 5.88 Å². The van der Waals surface area contributed by atoms with Crippen LogP contribution in [0.4, 0.5) is 0 Å². The Morgan fingerprint density at radius 3 is 2.72 bits per heavy atom. The first-order chi connectivity index (χ1) is 14.1. The van der Waals surface area contributed by atoms with Crippen molar-refractivity contribution in [3.63, 3.8) is 0 Å². The van der Waals surface area contributed by atoms with Gasteiger partial charge in [-0.3, -0.25) is 9.36 Å². The Morgan fingerprint density at radius 2 is 1.97 bits per heavy atom. The molecule has 0 saturated carbocycles. The first kappa shape index (κ1) is 21.4. The smallest absolute Gasteiger partial charge is 0.306 e. The summed E-state index contributed by atoms with van der Waals surface area (Å²) in [6.45, 7) is 2.02. The molecular formula is C20H30N4O5. The molecule has 0 aliphatic carbocycles. The van der Waals surface area contributed by atoms with Crippen LogP contribution in [0.25, 0.3) is 11.2 Å². The number of hydrogen-bond donors (Lipinski definition) is 2. The molecule has 0 amide bonds. The number of rotatable bonds is 11. The van der Waals surface area contributed by atoms with Crippen molar-refractivity contribution in [2.24, 2.45) is 0 Å². The summed E-state index contributed by atoms with van der Waals surface area (Å²) in [6.07, 6.45) is 9.72. The number of esters is 1. The molecule has 3 rings (SSSR count). The average Bonchev–Trinajstić information content (AvgIpc) is 3.31. The molecular weight excluding hydrogens is 376 g/mol. The Labute approximate surface area is 170 Å². The maximum atomic E-state index is 12.3. The molecule has 3 atom stereocenters. The number of unbranched alkanes of at least 4 members (excludes halogenated alkanes) is 6. The highest BCUT2D eigenvalue weighted by Crippen LogP contribution is 2.34. The number of nitrogens with zero attached hydrogens (tertiary/aromatic N) is 4. The standard InChI is InChI=1S/C20H30N4O5/c1-2-3-4-5-6-7-8-9-16(26)29-15-10-14(11-25)28-20(15)24-13-23-17-18(24)21-12-22-19(17)27/h12-15,20,25H,2-11H2,1H3,(H,21,22,27)/t14-,15?,20+/m0/s1. The van der Waals surface area contributed by atoms with Crippen molar-refractivity contribution in [1.29, 1.82) is 0 Å². The van der Waals surface area contributed by atoms with Crippen molar-refractivity contribution in [2.45, 2.75) is 83.1 Å². The van der Waals surface area contributed by atoms with Gasteiger partial charge < -0.3 is 19.7 Å². The topological polar surface area (TPSA) is 120 Å². The lowest BCUT2D eigenvalue weighted by atomic mass is 10.1. The third-order valence-corrected chi connectivity index (χ3v) is 5.23. The molecule has 0 bridgehead atoms. The van der Waals surface area contributed by atoms with E-state index in [2.05, 4.69) is 21.9 Å². The van der Waals surface area contributed by atoms with Crippen molar-refractivity contribution < 1.29 is 24.5 Å². The third-order valence-electron chi connectivity index (χ3n) is 5.23. The zero-order valence-electron chi connectivity index (χ0n) is 16.9. The SMILES string of the molecule is CCCCCCCCCC(=O)OC1C[C@@H](CO)O[C@H]1n1cnc2c(O)ncnc21. The predicted octanol–water partition coefficient (Wildman–Crippen LogP) is 2.86. The van der Waals surface area contributed by atoms with Crippen molar-refractivity contribution in [3.05, 3.63) is 12.7 Å². The first-order valence-electron chi connectivity index (χ1n) is 10.5. The molecule has 1 unspecified atom stereocenters.